The summed E-state index contributed by atoms with van der Waals surface area (Å²) in [7, 11) is 0. The molecule has 0 spiro atoms. The molecular weight excluding hydrogens is 420 g/mol. The van der Waals surface area contributed by atoms with Gasteiger partial charge in [-0.2, -0.15) is 0 Å². The van der Waals surface area contributed by atoms with E-state index in [1.165, 1.54) is 17.4 Å². The molecule has 0 radical (unpaired) electrons. The predicted octanol–water partition coefficient (Wildman–Crippen LogP) is 2.95. The average molecular weight is 453 g/mol. The first-order valence-corrected chi connectivity index (χ1v) is 12.5. The van der Waals surface area contributed by atoms with Gasteiger partial charge in [0.15, 0.2) is 0 Å². The van der Waals surface area contributed by atoms with Crippen molar-refractivity contribution in [2.75, 3.05) is 63.0 Å². The summed E-state index contributed by atoms with van der Waals surface area (Å²) in [6.07, 6.45) is 2.19. The molecule has 1 N–H and O–H groups in total. The summed E-state index contributed by atoms with van der Waals surface area (Å²) >= 11 is 1.46. The number of carbonyl (C=O) groups excluding carboxylic acids is 2. The van der Waals surface area contributed by atoms with Crippen molar-refractivity contribution in [2.24, 2.45) is 0 Å². The topological polar surface area (TPSA) is 55.9 Å². The molecule has 7 heteroatoms. The van der Waals surface area contributed by atoms with Crippen LogP contribution in [-0.2, 0) is 4.79 Å². The van der Waals surface area contributed by atoms with Gasteiger partial charge >= 0.3 is 0 Å². The number of thioether (sulfide) groups is 1. The fraction of sp³-hybridized carbons (Fsp3) is 0.440. The van der Waals surface area contributed by atoms with E-state index in [0.717, 1.165) is 63.6 Å². The van der Waals surface area contributed by atoms with Gasteiger partial charge in [0.2, 0.25) is 5.91 Å². The molecule has 0 atom stereocenters. The van der Waals surface area contributed by atoms with Crippen molar-refractivity contribution < 1.29 is 9.59 Å². The number of hydrogen-bond donors (Lipinski definition) is 1. The second kappa shape index (κ2) is 11.4. The van der Waals surface area contributed by atoms with E-state index >= 15 is 0 Å². The highest BCUT2D eigenvalue weighted by molar-refractivity contribution is 8.00. The van der Waals surface area contributed by atoms with Crippen molar-refractivity contribution in [3.63, 3.8) is 0 Å². The number of likely N-dealkylation sites (tertiary alicyclic amines) is 1. The van der Waals surface area contributed by atoms with Crippen LogP contribution in [0.1, 0.15) is 23.2 Å². The number of rotatable bonds is 8. The third-order valence-electron chi connectivity index (χ3n) is 6.15. The zero-order chi connectivity index (χ0) is 22.2. The lowest BCUT2D eigenvalue weighted by Gasteiger charge is -2.36. The number of nitrogens with zero attached hydrogens (tertiary/aromatic N) is 3. The molecule has 2 fully saturated rings. The van der Waals surface area contributed by atoms with E-state index in [9.17, 15) is 9.59 Å². The maximum Gasteiger partial charge on any atom is 0.252 e. The Morgan fingerprint density at radius 2 is 1.53 bits per heavy atom. The summed E-state index contributed by atoms with van der Waals surface area (Å²) < 4.78 is 0. The summed E-state index contributed by atoms with van der Waals surface area (Å²) in [6.45, 7) is 7.19. The van der Waals surface area contributed by atoms with Gasteiger partial charge in [-0.05, 0) is 37.1 Å². The van der Waals surface area contributed by atoms with Gasteiger partial charge in [0.05, 0.1) is 11.3 Å². The molecule has 2 aliphatic heterocycles. The molecule has 0 saturated carbocycles. The van der Waals surface area contributed by atoms with Crippen molar-refractivity contribution in [1.82, 2.24) is 15.1 Å². The summed E-state index contributed by atoms with van der Waals surface area (Å²) in [5.74, 6) is 0.484. The van der Waals surface area contributed by atoms with E-state index in [-0.39, 0.29) is 11.8 Å². The van der Waals surface area contributed by atoms with Gasteiger partial charge in [0.25, 0.3) is 5.91 Å². The van der Waals surface area contributed by atoms with Crippen LogP contribution in [0.3, 0.4) is 0 Å². The Hall–Kier alpha value is -2.51. The first kappa shape index (κ1) is 22.7. The van der Waals surface area contributed by atoms with Crippen LogP contribution in [-0.4, -0.2) is 79.7 Å². The molecule has 2 heterocycles. The Morgan fingerprint density at radius 1 is 0.844 bits per heavy atom. The number of para-hydroxylation sites is 1. The second-order valence-corrected chi connectivity index (χ2v) is 9.31. The smallest absolute Gasteiger partial charge is 0.252 e. The van der Waals surface area contributed by atoms with Crippen molar-refractivity contribution in [1.29, 1.82) is 0 Å². The Balaban J connectivity index is 1.21. The number of benzene rings is 2. The predicted molar refractivity (Wildman–Crippen MR) is 130 cm³/mol. The highest BCUT2D eigenvalue weighted by Gasteiger charge is 2.20. The minimum atomic E-state index is -0.0651. The zero-order valence-electron chi connectivity index (χ0n) is 18.5. The van der Waals surface area contributed by atoms with Gasteiger partial charge in [-0.1, -0.05) is 30.3 Å². The van der Waals surface area contributed by atoms with E-state index in [1.54, 1.807) is 0 Å². The van der Waals surface area contributed by atoms with Crippen LogP contribution >= 0.6 is 11.8 Å². The van der Waals surface area contributed by atoms with Crippen LogP contribution in [0, 0.1) is 0 Å². The van der Waals surface area contributed by atoms with Crippen molar-refractivity contribution in [3.8, 4) is 0 Å². The molecule has 0 bridgehead atoms. The average Bonchev–Trinajstić information content (AvgIpc) is 3.39. The Bertz CT molecular complexity index is 894. The summed E-state index contributed by atoms with van der Waals surface area (Å²) in [5.41, 5.74) is 1.93. The number of amides is 2. The monoisotopic (exact) mass is 452 g/mol. The largest absolute Gasteiger partial charge is 0.369 e. The van der Waals surface area contributed by atoms with Crippen LogP contribution in [0.25, 0.3) is 0 Å². The van der Waals surface area contributed by atoms with Crippen molar-refractivity contribution in [2.45, 2.75) is 17.7 Å². The molecular formula is C25H32N4O2S. The highest BCUT2D eigenvalue weighted by atomic mass is 32.2. The van der Waals surface area contributed by atoms with E-state index < -0.39 is 0 Å². The van der Waals surface area contributed by atoms with E-state index in [0.29, 0.717) is 17.9 Å². The van der Waals surface area contributed by atoms with Crippen LogP contribution < -0.4 is 10.2 Å². The number of piperazine rings is 1. The van der Waals surface area contributed by atoms with Gasteiger partial charge in [0, 0.05) is 62.9 Å². The van der Waals surface area contributed by atoms with Gasteiger partial charge in [-0.15, -0.1) is 11.8 Å². The SMILES string of the molecule is O=C(NCCN1CCN(c2ccccc2)CC1)c1ccccc1SCC(=O)N1CCCC1. The normalized spacial score (nSPS) is 16.9. The minimum Gasteiger partial charge on any atom is -0.369 e. The number of anilines is 1. The van der Waals surface area contributed by atoms with E-state index in [1.807, 2.05) is 35.2 Å². The molecule has 0 unspecified atom stereocenters. The molecule has 2 saturated heterocycles. The van der Waals surface area contributed by atoms with Crippen LogP contribution in [0.4, 0.5) is 5.69 Å². The maximum absolute atomic E-state index is 12.8. The van der Waals surface area contributed by atoms with E-state index in [2.05, 4.69) is 39.4 Å². The molecule has 170 valence electrons. The molecule has 2 aromatic rings. The third-order valence-corrected chi connectivity index (χ3v) is 7.21. The number of carbonyl (C=O) groups is 2. The molecule has 32 heavy (non-hydrogen) atoms. The first-order chi connectivity index (χ1) is 15.7. The molecule has 0 aromatic heterocycles. The molecule has 4 rings (SSSR count). The summed E-state index contributed by atoms with van der Waals surface area (Å²) in [6, 6.07) is 18.1. The fourth-order valence-corrected chi connectivity index (χ4v) is 5.22. The molecule has 6 nitrogen and oxygen atoms in total. The fourth-order valence-electron chi connectivity index (χ4n) is 4.27. The number of hydrogen-bond acceptors (Lipinski definition) is 5. The quantitative estimate of drug-likeness (QED) is 0.624. The number of nitrogens with one attached hydrogen (secondary N) is 1. The second-order valence-electron chi connectivity index (χ2n) is 8.29. The lowest BCUT2D eigenvalue weighted by atomic mass is 10.2. The van der Waals surface area contributed by atoms with Gasteiger partial charge in [0.1, 0.15) is 0 Å². The lowest BCUT2D eigenvalue weighted by Crippen LogP contribution is -2.48. The Kier molecular flexibility index (Phi) is 8.07. The summed E-state index contributed by atoms with van der Waals surface area (Å²) in [5, 5.41) is 3.07. The standard InChI is InChI=1S/C25H32N4O2S/c30-24(29-13-6-7-14-29)20-32-23-11-5-4-10-22(23)25(31)26-12-15-27-16-18-28(19-17-27)21-8-2-1-3-9-21/h1-5,8-11H,6-7,12-20H2,(H,26,31). The highest BCUT2D eigenvalue weighted by Crippen LogP contribution is 2.24. The van der Waals surface area contributed by atoms with Crippen molar-refractivity contribution >= 4 is 29.3 Å². The molecule has 2 amide bonds. The van der Waals surface area contributed by atoms with Gasteiger partial charge in [-0.25, -0.2) is 0 Å². The third kappa shape index (κ3) is 6.04. The van der Waals surface area contributed by atoms with Crippen molar-refractivity contribution in [3.05, 3.63) is 60.2 Å². The minimum absolute atomic E-state index is 0.0651. The lowest BCUT2D eigenvalue weighted by molar-refractivity contribution is -0.127. The van der Waals surface area contributed by atoms with Crippen LogP contribution in [0.2, 0.25) is 0 Å². The maximum atomic E-state index is 12.8. The molecule has 0 aliphatic carbocycles. The molecule has 2 aromatic carbocycles. The van der Waals surface area contributed by atoms with Crippen LogP contribution in [0.15, 0.2) is 59.5 Å². The molecule has 2 aliphatic rings. The zero-order valence-corrected chi connectivity index (χ0v) is 19.4. The van der Waals surface area contributed by atoms with E-state index in [4.69, 9.17) is 0 Å². The van der Waals surface area contributed by atoms with Gasteiger partial charge in [-0.3, -0.25) is 14.5 Å². The Labute approximate surface area is 194 Å². The van der Waals surface area contributed by atoms with Gasteiger partial charge < -0.3 is 15.1 Å². The van der Waals surface area contributed by atoms with Crippen LogP contribution in [0.5, 0.6) is 0 Å². The Morgan fingerprint density at radius 3 is 2.28 bits per heavy atom. The summed E-state index contributed by atoms with van der Waals surface area (Å²) in [4.78, 5) is 32.8. The first-order valence-electron chi connectivity index (χ1n) is 11.5.